The van der Waals surface area contributed by atoms with E-state index in [1.807, 2.05) is 34.1 Å². The van der Waals surface area contributed by atoms with Gasteiger partial charge in [0, 0.05) is 67.5 Å². The fourth-order valence-electron chi connectivity index (χ4n) is 7.58. The molecule has 0 aliphatic carbocycles. The van der Waals surface area contributed by atoms with Crippen molar-refractivity contribution in [2.24, 2.45) is 0 Å². The summed E-state index contributed by atoms with van der Waals surface area (Å²) in [6.07, 6.45) is 3.28. The zero-order chi connectivity index (χ0) is 35.8. The van der Waals surface area contributed by atoms with Crippen molar-refractivity contribution < 1.29 is 32.5 Å². The lowest BCUT2D eigenvalue weighted by Crippen LogP contribution is -2.46. The van der Waals surface area contributed by atoms with Crippen LogP contribution in [0.5, 0.6) is 5.75 Å². The van der Waals surface area contributed by atoms with Gasteiger partial charge in [-0.2, -0.15) is 5.10 Å². The van der Waals surface area contributed by atoms with Gasteiger partial charge in [0.2, 0.25) is 0 Å². The summed E-state index contributed by atoms with van der Waals surface area (Å²) in [6.45, 7) is 9.33. The van der Waals surface area contributed by atoms with E-state index in [2.05, 4.69) is 58.0 Å². The zero-order valence-electron chi connectivity index (χ0n) is 29.3. The molecule has 4 saturated heterocycles. The average Bonchev–Trinajstić information content (AvgIpc) is 3.48. The molecule has 0 bridgehead atoms. The van der Waals surface area contributed by atoms with Gasteiger partial charge in [-0.1, -0.05) is 6.07 Å². The van der Waals surface area contributed by atoms with Crippen LogP contribution >= 0.6 is 0 Å². The SMILES string of the molecule is CC(C)N1C(=O)N(c2ccc(N3CCN(c4ccc(OC[C@H]5OC[C@](Cn6cncn6)(c6ccc(F)cc6F)O5)cc4)CC3)cc2)CC1CC1CO1. The van der Waals surface area contributed by atoms with Crippen LogP contribution in [0.1, 0.15) is 25.8 Å². The zero-order valence-corrected chi connectivity index (χ0v) is 29.3. The standard InChI is InChI=1S/C38H43F2N7O5/c1-26(2)47-31(18-33-20-49-33)19-46(37(47)48)30-6-4-28(5-7-30)43-13-15-44(16-14-43)29-8-10-32(11-9-29)50-21-36-51-23-38(52-36,22-45-25-41-24-42-45)34-12-3-27(39)17-35(34)40/h3-12,17,24-26,31,33,36H,13-16,18-23H2,1-2H3/t31?,33?,36-,38+/m0/s1. The van der Waals surface area contributed by atoms with Crippen LogP contribution in [0.15, 0.2) is 79.4 Å². The van der Waals surface area contributed by atoms with E-state index in [9.17, 15) is 13.6 Å². The number of hydrogen-bond acceptors (Lipinski definition) is 9. The quantitative estimate of drug-likeness (QED) is 0.187. The van der Waals surface area contributed by atoms with Gasteiger partial charge in [-0.3, -0.25) is 4.90 Å². The van der Waals surface area contributed by atoms with Crippen LogP contribution in [0, 0.1) is 11.6 Å². The Hall–Kier alpha value is -4.79. The summed E-state index contributed by atoms with van der Waals surface area (Å²) in [7, 11) is 0. The van der Waals surface area contributed by atoms with Gasteiger partial charge in [-0.15, -0.1) is 0 Å². The number of epoxide rings is 1. The topological polar surface area (TPSA) is 101 Å². The van der Waals surface area contributed by atoms with Crippen LogP contribution < -0.4 is 19.4 Å². The van der Waals surface area contributed by atoms with Crippen molar-refractivity contribution in [1.82, 2.24) is 19.7 Å². The van der Waals surface area contributed by atoms with E-state index in [1.54, 1.807) is 0 Å². The van der Waals surface area contributed by atoms with Gasteiger partial charge in [-0.25, -0.2) is 23.2 Å². The van der Waals surface area contributed by atoms with Crippen LogP contribution in [0.4, 0.5) is 30.6 Å². The molecule has 2 unspecified atom stereocenters. The number of ether oxygens (including phenoxy) is 4. The number of piperazine rings is 1. The number of amides is 2. The lowest BCUT2D eigenvalue weighted by Gasteiger charge is -2.37. The van der Waals surface area contributed by atoms with E-state index in [1.165, 1.54) is 29.5 Å². The smallest absolute Gasteiger partial charge is 0.325 e. The van der Waals surface area contributed by atoms with Crippen molar-refractivity contribution in [1.29, 1.82) is 0 Å². The molecule has 4 aliphatic rings. The first kappa shape index (κ1) is 34.3. The summed E-state index contributed by atoms with van der Waals surface area (Å²) >= 11 is 0. The number of hydrogen-bond donors (Lipinski definition) is 0. The Labute approximate surface area is 301 Å². The highest BCUT2D eigenvalue weighted by Gasteiger charge is 2.46. The van der Waals surface area contributed by atoms with E-state index in [4.69, 9.17) is 18.9 Å². The Morgan fingerprint density at radius 1 is 0.923 bits per heavy atom. The summed E-state index contributed by atoms with van der Waals surface area (Å²) in [5.74, 6) is -0.742. The van der Waals surface area contributed by atoms with E-state index < -0.39 is 23.5 Å². The first-order valence-corrected chi connectivity index (χ1v) is 17.9. The number of carbonyl (C=O) groups is 1. The van der Waals surface area contributed by atoms with Crippen molar-refractivity contribution in [2.75, 3.05) is 67.2 Å². The maximum absolute atomic E-state index is 14.9. The maximum atomic E-state index is 14.9. The van der Waals surface area contributed by atoms with Crippen molar-refractivity contribution in [2.45, 2.75) is 56.9 Å². The van der Waals surface area contributed by atoms with Crippen LogP contribution in [-0.2, 0) is 26.4 Å². The molecule has 274 valence electrons. The molecule has 4 atom stereocenters. The van der Waals surface area contributed by atoms with Gasteiger partial charge in [-0.05, 0) is 74.9 Å². The molecule has 1 aromatic heterocycles. The van der Waals surface area contributed by atoms with Crippen molar-refractivity contribution in [3.05, 3.63) is 96.6 Å². The number of rotatable bonds is 12. The van der Waals surface area contributed by atoms with Crippen LogP contribution in [0.25, 0.3) is 0 Å². The molecule has 3 aromatic carbocycles. The van der Waals surface area contributed by atoms with Crippen LogP contribution in [-0.4, -0.2) is 103 Å². The van der Waals surface area contributed by atoms with E-state index >= 15 is 0 Å². The van der Waals surface area contributed by atoms with E-state index in [0.29, 0.717) is 12.3 Å². The third kappa shape index (κ3) is 7.14. The number of anilines is 3. The largest absolute Gasteiger partial charge is 0.488 e. The highest BCUT2D eigenvalue weighted by molar-refractivity contribution is 5.95. The molecule has 0 radical (unpaired) electrons. The second kappa shape index (κ2) is 14.3. The normalized spacial score (nSPS) is 24.7. The third-order valence-corrected chi connectivity index (χ3v) is 10.3. The van der Waals surface area contributed by atoms with Gasteiger partial charge < -0.3 is 33.6 Å². The fourth-order valence-corrected chi connectivity index (χ4v) is 7.58. The molecule has 4 aromatic rings. The number of halogens is 2. The first-order chi connectivity index (χ1) is 25.2. The monoisotopic (exact) mass is 715 g/mol. The molecule has 0 saturated carbocycles. The molecule has 12 nitrogen and oxygen atoms in total. The Morgan fingerprint density at radius 3 is 2.21 bits per heavy atom. The molecule has 0 N–H and O–H groups in total. The lowest BCUT2D eigenvalue weighted by molar-refractivity contribution is -0.117. The van der Waals surface area contributed by atoms with Gasteiger partial charge in [0.1, 0.15) is 42.2 Å². The third-order valence-electron chi connectivity index (χ3n) is 10.3. The molecule has 5 heterocycles. The molecule has 8 rings (SSSR count). The van der Waals surface area contributed by atoms with Gasteiger partial charge in [0.05, 0.1) is 31.9 Å². The predicted octanol–water partition coefficient (Wildman–Crippen LogP) is 5.04. The van der Waals surface area contributed by atoms with Crippen LogP contribution in [0.3, 0.4) is 0 Å². The summed E-state index contributed by atoms with van der Waals surface area (Å²) in [6, 6.07) is 20.1. The van der Waals surface area contributed by atoms with Crippen molar-refractivity contribution in [3.63, 3.8) is 0 Å². The second-order valence-electron chi connectivity index (χ2n) is 14.1. The predicted molar refractivity (Wildman–Crippen MR) is 190 cm³/mol. The molecule has 0 spiro atoms. The Morgan fingerprint density at radius 2 is 1.60 bits per heavy atom. The molecular weight excluding hydrogens is 672 g/mol. The highest BCUT2D eigenvalue weighted by Crippen LogP contribution is 2.38. The summed E-state index contributed by atoms with van der Waals surface area (Å²) in [4.78, 5) is 25.9. The Bertz CT molecular complexity index is 1840. The summed E-state index contributed by atoms with van der Waals surface area (Å²) < 4.78 is 53.8. The number of urea groups is 1. The lowest BCUT2D eigenvalue weighted by atomic mass is 9.94. The molecular formula is C38H43F2N7O5. The molecule has 4 aliphatic heterocycles. The molecule has 4 fully saturated rings. The number of nitrogens with zero attached hydrogens (tertiary/aromatic N) is 7. The van der Waals surface area contributed by atoms with E-state index in [-0.39, 0.29) is 49.5 Å². The molecule has 14 heteroatoms. The van der Waals surface area contributed by atoms with Crippen molar-refractivity contribution >= 4 is 23.1 Å². The summed E-state index contributed by atoms with van der Waals surface area (Å²) in [5.41, 5.74) is 2.12. The van der Waals surface area contributed by atoms with Gasteiger partial charge >= 0.3 is 6.03 Å². The maximum Gasteiger partial charge on any atom is 0.325 e. The second-order valence-corrected chi connectivity index (χ2v) is 14.1. The minimum atomic E-state index is -1.23. The average molecular weight is 716 g/mol. The van der Waals surface area contributed by atoms with Crippen LogP contribution in [0.2, 0.25) is 0 Å². The first-order valence-electron chi connectivity index (χ1n) is 17.9. The minimum Gasteiger partial charge on any atom is -0.488 e. The minimum absolute atomic E-state index is 0.0324. The number of carbonyl (C=O) groups excluding carboxylic acids is 1. The van der Waals surface area contributed by atoms with Gasteiger partial charge in [0.15, 0.2) is 6.29 Å². The molecule has 2 amide bonds. The molecule has 52 heavy (non-hydrogen) atoms. The Balaban J connectivity index is 0.835. The number of aromatic nitrogens is 3. The Kier molecular flexibility index (Phi) is 9.45. The van der Waals surface area contributed by atoms with Crippen molar-refractivity contribution in [3.8, 4) is 5.75 Å². The van der Waals surface area contributed by atoms with E-state index in [0.717, 1.165) is 62.3 Å². The fraction of sp³-hybridized carbons (Fsp3) is 0.447. The highest BCUT2D eigenvalue weighted by atomic mass is 19.1. The van der Waals surface area contributed by atoms with Gasteiger partial charge in [0.25, 0.3) is 0 Å². The number of benzene rings is 3. The summed E-state index contributed by atoms with van der Waals surface area (Å²) in [5, 5.41) is 4.14.